The van der Waals surface area contributed by atoms with Crippen molar-refractivity contribution >= 4 is 17.0 Å². The SMILES string of the molecule is CCN(C)C(=O)Oc1cccc2c(CCN(C)C)c[nH]c12. The van der Waals surface area contributed by atoms with Crippen LogP contribution in [0.15, 0.2) is 24.4 Å². The quantitative estimate of drug-likeness (QED) is 0.920. The Balaban J connectivity index is 2.24. The van der Waals surface area contributed by atoms with Crippen LogP contribution >= 0.6 is 0 Å². The van der Waals surface area contributed by atoms with Crippen LogP contribution in [-0.4, -0.2) is 55.1 Å². The molecule has 1 amide bonds. The summed E-state index contributed by atoms with van der Waals surface area (Å²) in [7, 11) is 5.84. The highest BCUT2D eigenvalue weighted by molar-refractivity contribution is 5.90. The molecule has 1 aromatic carbocycles. The number of carbonyl (C=O) groups excluding carboxylic acids is 1. The number of aromatic amines is 1. The number of nitrogens with one attached hydrogen (secondary N) is 1. The molecule has 0 saturated heterocycles. The van der Waals surface area contributed by atoms with Crippen LogP contribution in [0.4, 0.5) is 4.79 Å². The van der Waals surface area contributed by atoms with Crippen LogP contribution in [0.5, 0.6) is 5.75 Å². The van der Waals surface area contributed by atoms with E-state index in [4.69, 9.17) is 4.74 Å². The molecule has 0 aliphatic rings. The van der Waals surface area contributed by atoms with Crippen LogP contribution in [-0.2, 0) is 6.42 Å². The van der Waals surface area contributed by atoms with E-state index in [-0.39, 0.29) is 6.09 Å². The lowest BCUT2D eigenvalue weighted by molar-refractivity contribution is 0.165. The van der Waals surface area contributed by atoms with Crippen molar-refractivity contribution < 1.29 is 9.53 Å². The van der Waals surface area contributed by atoms with Crippen molar-refractivity contribution in [2.45, 2.75) is 13.3 Å². The Morgan fingerprint density at radius 3 is 2.71 bits per heavy atom. The van der Waals surface area contributed by atoms with Crippen LogP contribution in [0.1, 0.15) is 12.5 Å². The van der Waals surface area contributed by atoms with Gasteiger partial charge in [0.05, 0.1) is 5.52 Å². The average Bonchev–Trinajstić information content (AvgIpc) is 2.88. The van der Waals surface area contributed by atoms with Crippen LogP contribution in [0.25, 0.3) is 10.9 Å². The fourth-order valence-electron chi connectivity index (χ4n) is 2.12. The van der Waals surface area contributed by atoms with Gasteiger partial charge in [0.1, 0.15) is 0 Å². The number of nitrogens with zero attached hydrogens (tertiary/aromatic N) is 2. The van der Waals surface area contributed by atoms with Gasteiger partial charge in [-0.25, -0.2) is 4.79 Å². The Hall–Kier alpha value is -2.01. The van der Waals surface area contributed by atoms with Crippen molar-refractivity contribution in [2.24, 2.45) is 0 Å². The highest BCUT2D eigenvalue weighted by Crippen LogP contribution is 2.28. The van der Waals surface area contributed by atoms with E-state index < -0.39 is 0 Å². The molecule has 0 spiro atoms. The minimum absolute atomic E-state index is 0.338. The van der Waals surface area contributed by atoms with E-state index in [1.165, 1.54) is 10.5 Å². The number of carbonyl (C=O) groups is 1. The van der Waals surface area contributed by atoms with Gasteiger partial charge in [-0.2, -0.15) is 0 Å². The molecule has 5 nitrogen and oxygen atoms in total. The van der Waals surface area contributed by atoms with Gasteiger partial charge in [-0.1, -0.05) is 12.1 Å². The van der Waals surface area contributed by atoms with E-state index in [1.54, 1.807) is 7.05 Å². The van der Waals surface area contributed by atoms with E-state index in [1.807, 2.05) is 25.3 Å². The maximum Gasteiger partial charge on any atom is 0.415 e. The van der Waals surface area contributed by atoms with Crippen molar-refractivity contribution in [3.8, 4) is 5.75 Å². The fourth-order valence-corrected chi connectivity index (χ4v) is 2.12. The van der Waals surface area contributed by atoms with Crippen LogP contribution in [0.2, 0.25) is 0 Å². The number of likely N-dealkylation sites (N-methyl/N-ethyl adjacent to an activating group) is 1. The second-order valence-electron chi connectivity index (χ2n) is 5.43. The number of hydrogen-bond acceptors (Lipinski definition) is 3. The molecule has 0 radical (unpaired) electrons. The first-order chi connectivity index (χ1) is 10.0. The summed E-state index contributed by atoms with van der Waals surface area (Å²) in [5.41, 5.74) is 2.12. The highest BCUT2D eigenvalue weighted by Gasteiger charge is 2.13. The standard InChI is InChI=1S/C16H23N3O2/c1-5-19(4)16(20)21-14-8-6-7-13-12(9-10-18(2)3)11-17-15(13)14/h6-8,11,17H,5,9-10H2,1-4H3. The Bertz CT molecular complexity index is 619. The number of H-pyrrole nitrogens is 1. The molecule has 2 rings (SSSR count). The Morgan fingerprint density at radius 2 is 2.05 bits per heavy atom. The van der Waals surface area contributed by atoms with Gasteiger partial charge in [0.25, 0.3) is 0 Å². The van der Waals surface area contributed by atoms with E-state index in [0.717, 1.165) is 23.9 Å². The van der Waals surface area contributed by atoms with Gasteiger partial charge < -0.3 is 19.5 Å². The second kappa shape index (κ2) is 6.63. The molecule has 1 N–H and O–H groups in total. The van der Waals surface area contributed by atoms with Gasteiger partial charge in [-0.05, 0) is 39.1 Å². The van der Waals surface area contributed by atoms with Gasteiger partial charge in [-0.3, -0.25) is 0 Å². The van der Waals surface area contributed by atoms with Crippen molar-refractivity contribution in [2.75, 3.05) is 34.2 Å². The van der Waals surface area contributed by atoms with E-state index in [0.29, 0.717) is 12.3 Å². The van der Waals surface area contributed by atoms with Crippen molar-refractivity contribution in [1.29, 1.82) is 0 Å². The summed E-state index contributed by atoms with van der Waals surface area (Å²) in [4.78, 5) is 18.8. The zero-order valence-corrected chi connectivity index (χ0v) is 13.1. The molecule has 0 bridgehead atoms. The van der Waals surface area contributed by atoms with Gasteiger partial charge in [0.15, 0.2) is 5.75 Å². The van der Waals surface area contributed by atoms with Crippen LogP contribution < -0.4 is 4.74 Å². The first kappa shape index (κ1) is 15.4. The largest absolute Gasteiger partial charge is 0.415 e. The van der Waals surface area contributed by atoms with Gasteiger partial charge in [0, 0.05) is 31.7 Å². The Kier molecular flexibility index (Phi) is 4.85. The number of benzene rings is 1. The lowest BCUT2D eigenvalue weighted by atomic mass is 10.1. The number of amides is 1. The number of aromatic nitrogens is 1. The Labute approximate surface area is 125 Å². The summed E-state index contributed by atoms with van der Waals surface area (Å²) in [5, 5.41) is 1.11. The number of hydrogen-bond donors (Lipinski definition) is 1. The zero-order valence-electron chi connectivity index (χ0n) is 13.1. The van der Waals surface area contributed by atoms with E-state index in [9.17, 15) is 4.79 Å². The predicted octanol–water partition coefficient (Wildman–Crippen LogP) is 2.72. The van der Waals surface area contributed by atoms with Crippen LogP contribution in [0.3, 0.4) is 0 Å². The first-order valence-electron chi connectivity index (χ1n) is 7.19. The van der Waals surface area contributed by atoms with Gasteiger partial charge in [-0.15, -0.1) is 0 Å². The highest BCUT2D eigenvalue weighted by atomic mass is 16.6. The minimum Gasteiger partial charge on any atom is -0.408 e. The molecule has 0 fully saturated rings. The topological polar surface area (TPSA) is 48.6 Å². The molecule has 0 aliphatic carbocycles. The van der Waals surface area contributed by atoms with Crippen molar-refractivity contribution in [3.05, 3.63) is 30.0 Å². The van der Waals surface area contributed by atoms with E-state index >= 15 is 0 Å². The third kappa shape index (κ3) is 3.55. The minimum atomic E-state index is -0.338. The molecule has 2 aromatic rings. The maximum absolute atomic E-state index is 11.9. The first-order valence-corrected chi connectivity index (χ1v) is 7.19. The smallest absolute Gasteiger partial charge is 0.408 e. The molecule has 1 heterocycles. The molecular formula is C16H23N3O2. The zero-order chi connectivity index (χ0) is 15.4. The summed E-state index contributed by atoms with van der Waals surface area (Å²) in [6.45, 7) is 3.51. The molecule has 21 heavy (non-hydrogen) atoms. The second-order valence-corrected chi connectivity index (χ2v) is 5.43. The monoisotopic (exact) mass is 289 g/mol. The number of fused-ring (bicyclic) bond motifs is 1. The summed E-state index contributed by atoms with van der Waals surface area (Å²) in [6, 6.07) is 5.79. The molecule has 0 saturated carbocycles. The number of para-hydroxylation sites is 1. The molecule has 0 aliphatic heterocycles. The normalized spacial score (nSPS) is 11.1. The number of rotatable bonds is 5. The van der Waals surface area contributed by atoms with Gasteiger partial charge >= 0.3 is 6.09 Å². The predicted molar refractivity (Wildman–Crippen MR) is 84.9 cm³/mol. The fraction of sp³-hybridized carbons (Fsp3) is 0.438. The maximum atomic E-state index is 11.9. The third-order valence-corrected chi connectivity index (χ3v) is 3.57. The average molecular weight is 289 g/mol. The van der Waals surface area contributed by atoms with Gasteiger partial charge in [0.2, 0.25) is 0 Å². The third-order valence-electron chi connectivity index (χ3n) is 3.57. The molecule has 5 heteroatoms. The molecule has 1 aromatic heterocycles. The molecule has 0 unspecified atom stereocenters. The summed E-state index contributed by atoms with van der Waals surface area (Å²) < 4.78 is 5.46. The summed E-state index contributed by atoms with van der Waals surface area (Å²) in [6.07, 6.45) is 2.61. The summed E-state index contributed by atoms with van der Waals surface area (Å²) >= 11 is 0. The molecule has 114 valence electrons. The van der Waals surface area contributed by atoms with Crippen molar-refractivity contribution in [3.63, 3.8) is 0 Å². The number of ether oxygens (including phenoxy) is 1. The lowest BCUT2D eigenvalue weighted by Gasteiger charge is -2.14. The Morgan fingerprint density at radius 1 is 1.29 bits per heavy atom. The van der Waals surface area contributed by atoms with E-state index in [2.05, 4.69) is 30.0 Å². The molecule has 0 atom stereocenters. The summed E-state index contributed by atoms with van der Waals surface area (Å²) in [5.74, 6) is 0.578. The molecular weight excluding hydrogens is 266 g/mol. The van der Waals surface area contributed by atoms with Crippen LogP contribution in [0, 0.1) is 0 Å². The lowest BCUT2D eigenvalue weighted by Crippen LogP contribution is -2.29. The van der Waals surface area contributed by atoms with Crippen molar-refractivity contribution in [1.82, 2.24) is 14.8 Å².